The second-order valence-electron chi connectivity index (χ2n) is 5.17. The lowest BCUT2D eigenvalue weighted by Crippen LogP contribution is -1.89. The topological polar surface area (TPSA) is 65.5 Å². The minimum Gasteiger partial charge on any atom is -0.497 e. The number of thiazole rings is 2. The van der Waals surface area contributed by atoms with E-state index in [2.05, 4.69) is 15.3 Å². The van der Waals surface area contributed by atoms with Gasteiger partial charge in [-0.1, -0.05) is 22.7 Å². The van der Waals surface area contributed by atoms with Crippen molar-refractivity contribution in [1.82, 2.24) is 9.97 Å². The first-order chi connectivity index (χ1) is 12.2. The van der Waals surface area contributed by atoms with E-state index in [1.807, 2.05) is 30.3 Å². The van der Waals surface area contributed by atoms with Crippen LogP contribution in [0.2, 0.25) is 0 Å². The molecule has 0 bridgehead atoms. The summed E-state index contributed by atoms with van der Waals surface area (Å²) in [5.74, 6) is 2.25. The number of hydrogen-bond acceptors (Lipinski definition) is 8. The van der Waals surface area contributed by atoms with Crippen molar-refractivity contribution in [2.24, 2.45) is 0 Å². The van der Waals surface area contributed by atoms with Gasteiger partial charge in [0, 0.05) is 6.07 Å². The molecular weight excluding hydrogens is 358 g/mol. The van der Waals surface area contributed by atoms with Gasteiger partial charge in [-0.15, -0.1) is 0 Å². The van der Waals surface area contributed by atoms with Gasteiger partial charge in [0.2, 0.25) is 0 Å². The number of methoxy groups -OCH3 is 3. The minimum absolute atomic E-state index is 0.688. The van der Waals surface area contributed by atoms with Crippen molar-refractivity contribution >= 4 is 53.4 Å². The molecule has 0 unspecified atom stereocenters. The summed E-state index contributed by atoms with van der Waals surface area (Å²) in [6, 6.07) is 9.60. The second-order valence-corrected chi connectivity index (χ2v) is 7.23. The van der Waals surface area contributed by atoms with E-state index in [0.29, 0.717) is 5.75 Å². The van der Waals surface area contributed by atoms with E-state index in [-0.39, 0.29) is 0 Å². The number of ether oxygens (including phenoxy) is 3. The molecule has 2 heterocycles. The van der Waals surface area contributed by atoms with Crippen LogP contribution in [0.1, 0.15) is 0 Å². The van der Waals surface area contributed by atoms with Crippen LogP contribution >= 0.6 is 22.7 Å². The van der Waals surface area contributed by atoms with Gasteiger partial charge >= 0.3 is 0 Å². The molecule has 6 nitrogen and oxygen atoms in total. The van der Waals surface area contributed by atoms with Crippen molar-refractivity contribution in [1.29, 1.82) is 0 Å². The van der Waals surface area contributed by atoms with E-state index < -0.39 is 0 Å². The normalized spacial score (nSPS) is 11.0. The Kier molecular flexibility index (Phi) is 4.06. The molecule has 0 fully saturated rings. The SMILES string of the molecule is COc1ccc2nc(Nc3nc4c(OC)cc(OC)cc4s3)sc2c1. The molecule has 25 heavy (non-hydrogen) atoms. The summed E-state index contributed by atoms with van der Waals surface area (Å²) in [6.07, 6.45) is 0. The van der Waals surface area contributed by atoms with Gasteiger partial charge in [0.1, 0.15) is 22.8 Å². The molecule has 128 valence electrons. The number of hydrogen-bond donors (Lipinski definition) is 1. The fourth-order valence-electron chi connectivity index (χ4n) is 2.48. The van der Waals surface area contributed by atoms with Crippen LogP contribution < -0.4 is 19.5 Å². The summed E-state index contributed by atoms with van der Waals surface area (Å²) in [4.78, 5) is 9.22. The third-order valence-electron chi connectivity index (χ3n) is 3.70. The Morgan fingerprint density at radius 3 is 2.28 bits per heavy atom. The number of anilines is 2. The molecule has 0 saturated carbocycles. The number of fused-ring (bicyclic) bond motifs is 2. The Hall–Kier alpha value is -2.58. The van der Waals surface area contributed by atoms with Gasteiger partial charge in [-0.25, -0.2) is 9.97 Å². The highest BCUT2D eigenvalue weighted by Gasteiger charge is 2.13. The summed E-state index contributed by atoms with van der Waals surface area (Å²) >= 11 is 3.09. The Morgan fingerprint density at radius 1 is 0.800 bits per heavy atom. The molecule has 4 aromatic rings. The van der Waals surface area contributed by atoms with Crippen molar-refractivity contribution in [3.8, 4) is 17.2 Å². The lowest BCUT2D eigenvalue weighted by molar-refractivity contribution is 0.397. The zero-order valence-corrected chi connectivity index (χ0v) is 15.5. The molecule has 0 aliphatic carbocycles. The predicted molar refractivity (Wildman–Crippen MR) is 102 cm³/mol. The fraction of sp³-hybridized carbons (Fsp3) is 0.176. The zero-order chi connectivity index (χ0) is 17.4. The third kappa shape index (κ3) is 2.94. The largest absolute Gasteiger partial charge is 0.497 e. The highest BCUT2D eigenvalue weighted by molar-refractivity contribution is 7.24. The fourth-order valence-corrected chi connectivity index (χ4v) is 4.35. The summed E-state index contributed by atoms with van der Waals surface area (Å²) in [5, 5.41) is 4.83. The molecule has 0 atom stereocenters. The lowest BCUT2D eigenvalue weighted by atomic mass is 10.3. The molecule has 1 N–H and O–H groups in total. The first-order valence-corrected chi connectivity index (χ1v) is 9.07. The standard InChI is InChI=1S/C17H15N3O3S2/c1-21-9-4-5-11-13(7-9)24-16(18-11)20-17-19-15-12(23-3)6-10(22-2)8-14(15)25-17/h4-8H,1-3H3,(H,18,19,20). The number of rotatable bonds is 5. The van der Waals surface area contributed by atoms with Crippen LogP contribution in [0.4, 0.5) is 10.3 Å². The molecule has 2 aromatic heterocycles. The van der Waals surface area contributed by atoms with Gasteiger partial charge in [0.25, 0.3) is 0 Å². The Bertz CT molecular complexity index is 1060. The van der Waals surface area contributed by atoms with Gasteiger partial charge < -0.3 is 19.5 Å². The van der Waals surface area contributed by atoms with Crippen LogP contribution in [0, 0.1) is 0 Å². The average molecular weight is 373 g/mol. The van der Waals surface area contributed by atoms with Crippen LogP contribution in [0.25, 0.3) is 20.4 Å². The van der Waals surface area contributed by atoms with Crippen LogP contribution in [0.3, 0.4) is 0 Å². The second kappa shape index (κ2) is 6.38. The molecular formula is C17H15N3O3S2. The number of benzene rings is 2. The zero-order valence-electron chi connectivity index (χ0n) is 13.8. The maximum Gasteiger partial charge on any atom is 0.190 e. The van der Waals surface area contributed by atoms with Crippen LogP contribution in [-0.2, 0) is 0 Å². The van der Waals surface area contributed by atoms with E-state index in [1.54, 1.807) is 32.7 Å². The highest BCUT2D eigenvalue weighted by atomic mass is 32.1. The molecule has 2 aromatic carbocycles. The molecule has 8 heteroatoms. The van der Waals surface area contributed by atoms with Crippen molar-refractivity contribution in [2.45, 2.75) is 0 Å². The predicted octanol–water partition coefficient (Wildman–Crippen LogP) is 4.68. The lowest BCUT2D eigenvalue weighted by Gasteiger charge is -2.03. The summed E-state index contributed by atoms with van der Waals surface area (Å²) in [5.41, 5.74) is 1.73. The Labute approximate surface area is 152 Å². The smallest absolute Gasteiger partial charge is 0.190 e. The van der Waals surface area contributed by atoms with Gasteiger partial charge in [-0.3, -0.25) is 0 Å². The molecule has 4 rings (SSSR count). The molecule has 0 radical (unpaired) electrons. The van der Waals surface area contributed by atoms with E-state index in [1.165, 1.54) is 11.3 Å². The summed E-state index contributed by atoms with van der Waals surface area (Å²) < 4.78 is 18.0. The maximum absolute atomic E-state index is 5.42. The minimum atomic E-state index is 0.688. The van der Waals surface area contributed by atoms with Gasteiger partial charge in [0.05, 0.1) is 36.2 Å². The van der Waals surface area contributed by atoms with E-state index in [9.17, 15) is 0 Å². The number of aromatic nitrogens is 2. The first kappa shape index (κ1) is 15.9. The summed E-state index contributed by atoms with van der Waals surface area (Å²) in [7, 11) is 4.92. The van der Waals surface area contributed by atoms with Crippen molar-refractivity contribution in [3.05, 3.63) is 30.3 Å². The quantitative estimate of drug-likeness (QED) is 0.548. The number of nitrogens with one attached hydrogen (secondary N) is 1. The van der Waals surface area contributed by atoms with Gasteiger partial charge in [-0.2, -0.15) is 0 Å². The first-order valence-electron chi connectivity index (χ1n) is 7.44. The van der Waals surface area contributed by atoms with E-state index in [0.717, 1.165) is 42.2 Å². The molecule has 0 spiro atoms. The van der Waals surface area contributed by atoms with Crippen molar-refractivity contribution < 1.29 is 14.2 Å². The van der Waals surface area contributed by atoms with Gasteiger partial charge in [0.15, 0.2) is 10.3 Å². The number of nitrogens with zero attached hydrogens (tertiary/aromatic N) is 2. The molecule has 0 saturated heterocycles. The Balaban J connectivity index is 1.70. The monoisotopic (exact) mass is 373 g/mol. The molecule has 0 aliphatic rings. The van der Waals surface area contributed by atoms with Crippen LogP contribution in [-0.4, -0.2) is 31.3 Å². The Morgan fingerprint density at radius 2 is 1.52 bits per heavy atom. The molecule has 0 amide bonds. The summed E-state index contributed by atoms with van der Waals surface area (Å²) in [6.45, 7) is 0. The van der Waals surface area contributed by atoms with Crippen molar-refractivity contribution in [2.75, 3.05) is 26.6 Å². The van der Waals surface area contributed by atoms with Gasteiger partial charge in [-0.05, 0) is 24.3 Å². The average Bonchev–Trinajstić information content (AvgIpc) is 3.22. The highest BCUT2D eigenvalue weighted by Crippen LogP contribution is 2.38. The van der Waals surface area contributed by atoms with E-state index in [4.69, 9.17) is 14.2 Å². The maximum atomic E-state index is 5.42. The van der Waals surface area contributed by atoms with E-state index >= 15 is 0 Å². The van der Waals surface area contributed by atoms with Crippen LogP contribution in [0.5, 0.6) is 17.2 Å². The third-order valence-corrected chi connectivity index (χ3v) is 5.55. The molecule has 0 aliphatic heterocycles. The van der Waals surface area contributed by atoms with Crippen LogP contribution in [0.15, 0.2) is 30.3 Å². The van der Waals surface area contributed by atoms with Crippen molar-refractivity contribution in [3.63, 3.8) is 0 Å².